The predicted octanol–water partition coefficient (Wildman–Crippen LogP) is 1.77. The number of thiazole rings is 1. The Labute approximate surface area is 218 Å². The number of pyridine rings is 1. The first-order chi connectivity index (χ1) is 18.0. The number of rotatable bonds is 4. The van der Waals surface area contributed by atoms with Crippen LogP contribution in [0.3, 0.4) is 0 Å². The molecule has 194 valence electrons. The summed E-state index contributed by atoms with van der Waals surface area (Å²) in [6, 6.07) is 7.54. The number of nitrogens with zero attached hydrogens (tertiary/aromatic N) is 6. The third-order valence-corrected chi connectivity index (χ3v) is 7.63. The van der Waals surface area contributed by atoms with Crippen LogP contribution in [0.25, 0.3) is 0 Å². The Hall–Kier alpha value is -4.00. The zero-order chi connectivity index (χ0) is 25.8. The molecule has 0 bridgehead atoms. The van der Waals surface area contributed by atoms with Gasteiger partial charge in [-0.1, -0.05) is 6.07 Å². The number of hydrogen-bond acceptors (Lipinski definition) is 8. The van der Waals surface area contributed by atoms with Crippen molar-refractivity contribution >= 4 is 35.0 Å². The Morgan fingerprint density at radius 3 is 2.32 bits per heavy atom. The molecule has 0 atom stereocenters. The smallest absolute Gasteiger partial charge is 0.320 e. The Kier molecular flexibility index (Phi) is 7.30. The third-order valence-electron chi connectivity index (χ3n) is 6.62. The van der Waals surface area contributed by atoms with Crippen molar-refractivity contribution in [2.75, 3.05) is 44.2 Å². The van der Waals surface area contributed by atoms with E-state index in [1.165, 1.54) is 11.3 Å². The second kappa shape index (κ2) is 10.9. The number of hydrogen-bond donors (Lipinski definition) is 3. The van der Waals surface area contributed by atoms with Gasteiger partial charge in [-0.2, -0.15) is 5.10 Å². The number of H-pyrrole nitrogens is 1. The van der Waals surface area contributed by atoms with E-state index in [9.17, 15) is 14.4 Å². The van der Waals surface area contributed by atoms with Crippen molar-refractivity contribution in [1.82, 2.24) is 40.8 Å². The maximum atomic E-state index is 13.1. The second-order valence-electron chi connectivity index (χ2n) is 9.12. The van der Waals surface area contributed by atoms with Gasteiger partial charge in [-0.3, -0.25) is 25.5 Å². The highest BCUT2D eigenvalue weighted by molar-refractivity contribution is 7.09. The van der Waals surface area contributed by atoms with E-state index in [4.69, 9.17) is 0 Å². The summed E-state index contributed by atoms with van der Waals surface area (Å²) in [4.78, 5) is 52.5. The normalized spacial score (nSPS) is 16.5. The number of carbonyl (C=O) groups is 3. The summed E-state index contributed by atoms with van der Waals surface area (Å²) >= 11 is 1.43. The number of hydrazine groups is 1. The van der Waals surface area contributed by atoms with E-state index in [-0.39, 0.29) is 23.3 Å². The lowest BCUT2D eigenvalue weighted by Crippen LogP contribution is -2.54. The van der Waals surface area contributed by atoms with Gasteiger partial charge < -0.3 is 14.7 Å². The first kappa shape index (κ1) is 24.7. The van der Waals surface area contributed by atoms with Gasteiger partial charge in [-0.05, 0) is 38.0 Å². The highest BCUT2D eigenvalue weighted by Crippen LogP contribution is 2.31. The Morgan fingerprint density at radius 1 is 0.973 bits per heavy atom. The summed E-state index contributed by atoms with van der Waals surface area (Å²) < 4.78 is 0. The van der Waals surface area contributed by atoms with Crippen LogP contribution >= 0.6 is 11.3 Å². The van der Waals surface area contributed by atoms with Gasteiger partial charge in [0.25, 0.3) is 11.8 Å². The molecule has 0 unspecified atom stereocenters. The minimum Gasteiger partial charge on any atom is -0.353 e. The fourth-order valence-corrected chi connectivity index (χ4v) is 5.51. The van der Waals surface area contributed by atoms with Crippen molar-refractivity contribution in [3.8, 4) is 0 Å². The Morgan fingerprint density at radius 2 is 1.68 bits per heavy atom. The standard InChI is InChI=1S/C24H29N9O3S/c1-16-14-18(28-27-16)21(34)29-30-22(35)19-15-37-23(26-19)17-5-8-32(9-6-17)24(36)33-12-10-31(11-13-33)20-4-2-3-7-25-20/h2-4,7,14-15,17H,5-6,8-13H2,1H3,(H,27,28)(H,29,34)(H,30,35). The molecule has 13 heteroatoms. The highest BCUT2D eigenvalue weighted by Gasteiger charge is 2.30. The lowest BCUT2D eigenvalue weighted by molar-refractivity contribution is 0.0841. The molecule has 12 nitrogen and oxygen atoms in total. The average Bonchev–Trinajstić information content (AvgIpc) is 3.62. The molecule has 0 aromatic carbocycles. The zero-order valence-corrected chi connectivity index (χ0v) is 21.3. The van der Waals surface area contributed by atoms with Gasteiger partial charge in [0, 0.05) is 62.5 Å². The number of carbonyl (C=O) groups excluding carboxylic acids is 3. The van der Waals surface area contributed by atoms with Crippen molar-refractivity contribution in [3.05, 3.63) is 57.9 Å². The number of urea groups is 1. The lowest BCUT2D eigenvalue weighted by atomic mass is 9.98. The van der Waals surface area contributed by atoms with Gasteiger partial charge in [-0.25, -0.2) is 14.8 Å². The molecule has 2 aliphatic heterocycles. The van der Waals surface area contributed by atoms with Crippen LogP contribution in [-0.4, -0.2) is 87.1 Å². The van der Waals surface area contributed by atoms with Crippen LogP contribution in [0.2, 0.25) is 0 Å². The van der Waals surface area contributed by atoms with Crippen molar-refractivity contribution < 1.29 is 14.4 Å². The van der Waals surface area contributed by atoms with Crippen LogP contribution in [-0.2, 0) is 0 Å². The molecule has 3 aromatic rings. The van der Waals surface area contributed by atoms with Gasteiger partial charge in [-0.15, -0.1) is 11.3 Å². The lowest BCUT2D eigenvalue weighted by Gasteiger charge is -2.39. The summed E-state index contributed by atoms with van der Waals surface area (Å²) in [5.41, 5.74) is 5.92. The minimum atomic E-state index is -0.511. The average molecular weight is 524 g/mol. The Bertz CT molecular complexity index is 1250. The molecular weight excluding hydrogens is 494 g/mol. The first-order valence-electron chi connectivity index (χ1n) is 12.3. The summed E-state index contributed by atoms with van der Waals surface area (Å²) in [6.07, 6.45) is 3.38. The van der Waals surface area contributed by atoms with Gasteiger partial charge in [0.1, 0.15) is 11.5 Å². The highest BCUT2D eigenvalue weighted by atomic mass is 32.1. The third kappa shape index (κ3) is 5.71. The molecule has 37 heavy (non-hydrogen) atoms. The molecule has 3 aromatic heterocycles. The number of anilines is 1. The molecule has 0 spiro atoms. The summed E-state index contributed by atoms with van der Waals surface area (Å²) in [7, 11) is 0. The maximum absolute atomic E-state index is 13.1. The zero-order valence-electron chi connectivity index (χ0n) is 20.5. The van der Waals surface area contributed by atoms with E-state index in [1.54, 1.807) is 24.6 Å². The van der Waals surface area contributed by atoms with E-state index in [2.05, 4.69) is 35.9 Å². The van der Waals surface area contributed by atoms with Crippen molar-refractivity contribution in [1.29, 1.82) is 0 Å². The van der Waals surface area contributed by atoms with Gasteiger partial charge >= 0.3 is 6.03 Å². The van der Waals surface area contributed by atoms with Crippen LogP contribution in [0.4, 0.5) is 10.6 Å². The minimum absolute atomic E-state index is 0.0844. The van der Waals surface area contributed by atoms with Crippen LogP contribution in [0.1, 0.15) is 50.4 Å². The summed E-state index contributed by atoms with van der Waals surface area (Å²) in [5.74, 6) is 0.143. The number of aromatic amines is 1. The number of nitrogens with one attached hydrogen (secondary N) is 3. The number of likely N-dealkylation sites (tertiary alicyclic amines) is 1. The predicted molar refractivity (Wildman–Crippen MR) is 137 cm³/mol. The fraction of sp³-hybridized carbons (Fsp3) is 0.417. The molecule has 2 aliphatic rings. The molecule has 0 aliphatic carbocycles. The van der Waals surface area contributed by atoms with Gasteiger partial charge in [0.2, 0.25) is 0 Å². The fourth-order valence-electron chi connectivity index (χ4n) is 4.54. The largest absolute Gasteiger partial charge is 0.353 e. The number of aromatic nitrogens is 4. The molecule has 5 heterocycles. The number of aryl methyl sites for hydroxylation is 1. The quantitative estimate of drug-likeness (QED) is 0.443. The molecule has 3 N–H and O–H groups in total. The number of piperazine rings is 1. The Balaban J connectivity index is 1.07. The van der Waals surface area contributed by atoms with Crippen LogP contribution in [0.5, 0.6) is 0 Å². The van der Waals surface area contributed by atoms with E-state index in [0.29, 0.717) is 26.2 Å². The molecule has 2 saturated heterocycles. The SMILES string of the molecule is Cc1cc(C(=O)NNC(=O)c2csc(C3CCN(C(=O)N4CCN(c5ccccn5)CC4)CC3)n2)n[nH]1. The van der Waals surface area contributed by atoms with E-state index < -0.39 is 11.8 Å². The molecule has 0 radical (unpaired) electrons. The molecule has 4 amide bonds. The van der Waals surface area contributed by atoms with Crippen LogP contribution in [0.15, 0.2) is 35.8 Å². The van der Waals surface area contributed by atoms with Crippen molar-refractivity contribution in [2.24, 2.45) is 0 Å². The maximum Gasteiger partial charge on any atom is 0.320 e. The van der Waals surface area contributed by atoms with E-state index in [0.717, 1.165) is 42.5 Å². The monoisotopic (exact) mass is 523 g/mol. The molecule has 0 saturated carbocycles. The second-order valence-corrected chi connectivity index (χ2v) is 10.0. The first-order valence-corrected chi connectivity index (χ1v) is 13.1. The van der Waals surface area contributed by atoms with E-state index in [1.807, 2.05) is 28.0 Å². The number of amides is 4. The van der Waals surface area contributed by atoms with Crippen LogP contribution < -0.4 is 15.8 Å². The topological polar surface area (TPSA) is 139 Å². The molecule has 5 rings (SSSR count). The van der Waals surface area contributed by atoms with Gasteiger partial charge in [0.15, 0.2) is 5.69 Å². The van der Waals surface area contributed by atoms with E-state index >= 15 is 0 Å². The summed E-state index contributed by atoms with van der Waals surface area (Å²) in [5, 5.41) is 9.10. The van der Waals surface area contributed by atoms with Crippen molar-refractivity contribution in [2.45, 2.75) is 25.7 Å². The molecule has 2 fully saturated rings. The molecular formula is C24H29N9O3S. The van der Waals surface area contributed by atoms with Crippen LogP contribution in [0, 0.1) is 6.92 Å². The van der Waals surface area contributed by atoms with Gasteiger partial charge in [0.05, 0.1) is 5.01 Å². The number of piperidine rings is 1. The summed E-state index contributed by atoms with van der Waals surface area (Å²) in [6.45, 7) is 5.99. The van der Waals surface area contributed by atoms with Crippen molar-refractivity contribution in [3.63, 3.8) is 0 Å².